The summed E-state index contributed by atoms with van der Waals surface area (Å²) in [5.41, 5.74) is 0.519. The summed E-state index contributed by atoms with van der Waals surface area (Å²) >= 11 is 3.51. The van der Waals surface area contributed by atoms with E-state index < -0.39 is 26.9 Å². The average Bonchev–Trinajstić information content (AvgIpc) is 3.48. The first-order valence-electron chi connectivity index (χ1n) is 8.91. The van der Waals surface area contributed by atoms with Gasteiger partial charge in [-0.3, -0.25) is 14.9 Å². The van der Waals surface area contributed by atoms with E-state index in [1.165, 1.54) is 44.5 Å². The normalized spacial score (nSPS) is 17.7. The molecule has 3 aromatic rings. The minimum Gasteiger partial charge on any atom is -0.301 e. The first-order chi connectivity index (χ1) is 14.4. The summed E-state index contributed by atoms with van der Waals surface area (Å²) in [4.78, 5) is 28.2. The third kappa shape index (κ3) is 4.16. The van der Waals surface area contributed by atoms with Crippen LogP contribution >= 0.6 is 34.0 Å². The number of hydrogen-bond acceptors (Lipinski definition) is 9. The summed E-state index contributed by atoms with van der Waals surface area (Å²) in [6.07, 6.45) is 1.90. The number of sulfonamides is 1. The molecule has 1 atom stereocenters. The number of nitrogens with one attached hydrogen (secondary N) is 1. The Morgan fingerprint density at radius 1 is 1.27 bits per heavy atom. The van der Waals surface area contributed by atoms with Crippen molar-refractivity contribution in [2.75, 3.05) is 11.9 Å². The van der Waals surface area contributed by atoms with E-state index in [1.54, 1.807) is 16.8 Å². The second kappa shape index (κ2) is 8.51. The van der Waals surface area contributed by atoms with Gasteiger partial charge in [0.15, 0.2) is 5.13 Å². The van der Waals surface area contributed by atoms with E-state index in [0.29, 0.717) is 35.1 Å². The van der Waals surface area contributed by atoms with Crippen molar-refractivity contribution in [3.05, 3.63) is 44.5 Å². The van der Waals surface area contributed by atoms with Gasteiger partial charge >= 0.3 is 0 Å². The van der Waals surface area contributed by atoms with Crippen molar-refractivity contribution in [1.82, 2.24) is 9.29 Å². The van der Waals surface area contributed by atoms with Crippen LogP contribution in [0.1, 0.15) is 19.3 Å². The zero-order valence-electron chi connectivity index (χ0n) is 15.4. The topological polar surface area (TPSA) is 123 Å². The maximum atomic E-state index is 13.0. The SMILES string of the molecule is O=C(Nc1nc(-c2cc([N+](=O)[O-])cs2)cs1)C1CCCCN1S(=O)(=O)c1cccs1. The Bertz CT molecular complexity index is 1170. The number of thiophene rings is 2. The number of aromatic nitrogens is 1. The number of rotatable bonds is 6. The highest BCUT2D eigenvalue weighted by Gasteiger charge is 2.38. The summed E-state index contributed by atoms with van der Waals surface area (Å²) < 4.78 is 27.4. The largest absolute Gasteiger partial charge is 0.301 e. The minimum atomic E-state index is -3.74. The predicted molar refractivity (Wildman–Crippen MR) is 117 cm³/mol. The lowest BCUT2D eigenvalue weighted by atomic mass is 10.0. The van der Waals surface area contributed by atoms with Crippen LogP contribution in [0, 0.1) is 10.1 Å². The summed E-state index contributed by atoms with van der Waals surface area (Å²) in [7, 11) is -3.74. The Hall–Kier alpha value is -2.19. The van der Waals surface area contributed by atoms with Gasteiger partial charge in [-0.15, -0.1) is 34.0 Å². The molecule has 1 unspecified atom stereocenters. The molecule has 3 aromatic heterocycles. The molecule has 0 radical (unpaired) electrons. The predicted octanol–water partition coefficient (Wildman–Crippen LogP) is 4.02. The fraction of sp³-hybridized carbons (Fsp3) is 0.294. The molecule has 9 nitrogen and oxygen atoms in total. The van der Waals surface area contributed by atoms with Gasteiger partial charge < -0.3 is 5.32 Å². The number of piperidine rings is 1. The first-order valence-corrected chi connectivity index (χ1v) is 13.0. The zero-order chi connectivity index (χ0) is 21.3. The van der Waals surface area contributed by atoms with Crippen LogP contribution in [0.2, 0.25) is 0 Å². The Morgan fingerprint density at radius 3 is 2.80 bits per heavy atom. The molecule has 13 heteroatoms. The summed E-state index contributed by atoms with van der Waals surface area (Å²) in [5.74, 6) is -0.423. The minimum absolute atomic E-state index is 0.00906. The molecule has 1 aliphatic heterocycles. The number of carbonyl (C=O) groups excluding carboxylic acids is 1. The van der Waals surface area contributed by atoms with Crippen LogP contribution < -0.4 is 5.32 Å². The Kier molecular flexibility index (Phi) is 5.97. The summed E-state index contributed by atoms with van der Waals surface area (Å²) in [6, 6.07) is 3.84. The number of nitrogens with zero attached hydrogens (tertiary/aromatic N) is 3. The number of carbonyl (C=O) groups is 1. The van der Waals surface area contributed by atoms with Crippen LogP contribution in [0.5, 0.6) is 0 Å². The van der Waals surface area contributed by atoms with Gasteiger partial charge in [-0.25, -0.2) is 13.4 Å². The van der Waals surface area contributed by atoms with E-state index in [0.717, 1.165) is 17.8 Å². The van der Waals surface area contributed by atoms with Crippen LogP contribution in [0.25, 0.3) is 10.6 Å². The Balaban J connectivity index is 1.51. The van der Waals surface area contributed by atoms with Crippen molar-refractivity contribution in [3.63, 3.8) is 0 Å². The monoisotopic (exact) mass is 484 g/mol. The van der Waals surface area contributed by atoms with Gasteiger partial charge in [0, 0.05) is 18.0 Å². The third-order valence-corrected chi connectivity index (χ3v) is 9.58. The summed E-state index contributed by atoms with van der Waals surface area (Å²) in [6.45, 7) is 0.292. The number of hydrogen-bond donors (Lipinski definition) is 1. The van der Waals surface area contributed by atoms with Crippen LogP contribution in [-0.2, 0) is 14.8 Å². The molecule has 1 amide bonds. The number of anilines is 1. The maximum absolute atomic E-state index is 13.0. The molecule has 4 rings (SSSR count). The zero-order valence-corrected chi connectivity index (χ0v) is 18.7. The highest BCUT2D eigenvalue weighted by Crippen LogP contribution is 2.33. The van der Waals surface area contributed by atoms with E-state index in [-0.39, 0.29) is 9.90 Å². The lowest BCUT2D eigenvalue weighted by molar-refractivity contribution is -0.384. The molecular formula is C17H16N4O5S4. The van der Waals surface area contributed by atoms with Crippen LogP contribution in [0.4, 0.5) is 10.8 Å². The van der Waals surface area contributed by atoms with Gasteiger partial charge in [0.2, 0.25) is 5.91 Å². The van der Waals surface area contributed by atoms with Gasteiger partial charge in [0.05, 0.1) is 20.9 Å². The molecule has 30 heavy (non-hydrogen) atoms. The lowest BCUT2D eigenvalue weighted by Gasteiger charge is -2.32. The third-order valence-electron chi connectivity index (χ3n) is 4.60. The van der Waals surface area contributed by atoms with Gasteiger partial charge in [-0.05, 0) is 24.3 Å². The maximum Gasteiger partial charge on any atom is 0.280 e. The number of nitro groups is 1. The molecule has 1 aliphatic rings. The lowest BCUT2D eigenvalue weighted by Crippen LogP contribution is -2.49. The standard InChI is InChI=1S/C17H16N4O5S4/c22-16(13-4-1-2-6-20(13)30(25,26)15-5-3-7-27-15)19-17-18-12(10-29-17)14-8-11(9-28-14)21(23)24/h3,5,7-10,13H,1-2,4,6H2,(H,18,19,22). The molecule has 0 bridgehead atoms. The van der Waals surface area contributed by atoms with Gasteiger partial charge in [-0.1, -0.05) is 12.5 Å². The fourth-order valence-corrected chi connectivity index (χ4v) is 7.55. The molecule has 4 heterocycles. The second-order valence-corrected chi connectivity index (χ2v) is 11.3. The van der Waals surface area contributed by atoms with E-state index in [9.17, 15) is 23.3 Å². The molecule has 0 aromatic carbocycles. The number of thiazole rings is 1. The highest BCUT2D eigenvalue weighted by atomic mass is 32.2. The smallest absolute Gasteiger partial charge is 0.280 e. The highest BCUT2D eigenvalue weighted by molar-refractivity contribution is 7.91. The molecule has 0 aliphatic carbocycles. The van der Waals surface area contributed by atoms with Crippen molar-refractivity contribution in [2.24, 2.45) is 0 Å². The van der Waals surface area contributed by atoms with Gasteiger partial charge in [-0.2, -0.15) is 4.31 Å². The van der Waals surface area contributed by atoms with E-state index in [4.69, 9.17) is 0 Å². The van der Waals surface area contributed by atoms with Crippen LogP contribution in [-0.4, -0.2) is 41.1 Å². The Morgan fingerprint density at radius 2 is 2.10 bits per heavy atom. The van der Waals surface area contributed by atoms with Gasteiger partial charge in [0.1, 0.15) is 10.3 Å². The molecule has 1 fully saturated rings. The quantitative estimate of drug-likeness (QED) is 0.416. The van der Waals surface area contributed by atoms with E-state index in [1.807, 2.05) is 0 Å². The van der Waals surface area contributed by atoms with E-state index in [2.05, 4.69) is 10.3 Å². The van der Waals surface area contributed by atoms with Crippen molar-refractivity contribution < 1.29 is 18.1 Å². The van der Waals surface area contributed by atoms with Crippen molar-refractivity contribution in [1.29, 1.82) is 0 Å². The molecular weight excluding hydrogens is 468 g/mol. The molecule has 158 valence electrons. The number of amides is 1. The van der Waals surface area contributed by atoms with Crippen LogP contribution in [0.3, 0.4) is 0 Å². The van der Waals surface area contributed by atoms with Crippen molar-refractivity contribution >= 4 is 60.8 Å². The van der Waals surface area contributed by atoms with Gasteiger partial charge in [0.25, 0.3) is 15.7 Å². The molecule has 1 N–H and O–H groups in total. The summed E-state index contributed by atoms with van der Waals surface area (Å²) in [5, 5.41) is 18.7. The van der Waals surface area contributed by atoms with Crippen LogP contribution in [0.15, 0.2) is 38.5 Å². The molecule has 0 spiro atoms. The average molecular weight is 485 g/mol. The van der Waals surface area contributed by atoms with Crippen molar-refractivity contribution in [3.8, 4) is 10.6 Å². The second-order valence-electron chi connectivity index (χ2n) is 6.51. The molecule has 1 saturated heterocycles. The molecule has 0 saturated carbocycles. The Labute approximate surface area is 184 Å². The van der Waals surface area contributed by atoms with Crippen molar-refractivity contribution in [2.45, 2.75) is 29.5 Å². The fourth-order valence-electron chi connectivity index (χ4n) is 3.17. The first kappa shape index (κ1) is 21.1. The van der Waals surface area contributed by atoms with E-state index >= 15 is 0 Å².